The van der Waals surface area contributed by atoms with Gasteiger partial charge in [0.1, 0.15) is 10.5 Å². The fourth-order valence-electron chi connectivity index (χ4n) is 5.22. The van der Waals surface area contributed by atoms with Crippen molar-refractivity contribution in [3.05, 3.63) is 40.6 Å². The molecule has 5 rings (SSSR count). The van der Waals surface area contributed by atoms with E-state index < -0.39 is 21.7 Å². The van der Waals surface area contributed by atoms with Crippen LogP contribution in [0.15, 0.2) is 34.3 Å². The number of hydrogen-bond acceptors (Lipinski definition) is 8. The summed E-state index contributed by atoms with van der Waals surface area (Å²) in [5.41, 5.74) is -0.775. The Hall–Kier alpha value is -3.27. The van der Waals surface area contributed by atoms with E-state index in [1.54, 1.807) is 26.2 Å². The van der Waals surface area contributed by atoms with Gasteiger partial charge in [-0.25, -0.2) is 13.4 Å². The van der Waals surface area contributed by atoms with Gasteiger partial charge in [-0.1, -0.05) is 5.92 Å². The Morgan fingerprint density at radius 3 is 2.61 bits per heavy atom. The Morgan fingerprint density at radius 1 is 1.25 bits per heavy atom. The number of nitrogens with one attached hydrogen (secondary N) is 1. The summed E-state index contributed by atoms with van der Waals surface area (Å²) in [5, 5.41) is 18.8. The molecule has 2 atom stereocenters. The number of aromatic nitrogens is 5. The Balaban J connectivity index is 1.39. The van der Waals surface area contributed by atoms with Crippen LogP contribution in [0.2, 0.25) is 0 Å². The van der Waals surface area contributed by atoms with Crippen molar-refractivity contribution in [3.63, 3.8) is 0 Å². The van der Waals surface area contributed by atoms with Gasteiger partial charge in [0.05, 0.1) is 23.4 Å². The number of aryl methyl sites for hydroxylation is 1. The first-order valence-corrected chi connectivity index (χ1v) is 13.4. The number of pyridine rings is 1. The van der Waals surface area contributed by atoms with Gasteiger partial charge in [0, 0.05) is 44.0 Å². The van der Waals surface area contributed by atoms with Crippen molar-refractivity contribution in [2.24, 2.45) is 7.05 Å². The number of terminal acetylenes is 1. The van der Waals surface area contributed by atoms with E-state index in [4.69, 9.17) is 6.42 Å². The van der Waals surface area contributed by atoms with Crippen LogP contribution in [-0.4, -0.2) is 66.9 Å². The number of rotatable bonds is 5. The molecule has 11 nitrogen and oxygen atoms in total. The first kappa shape index (κ1) is 24.4. The predicted octanol–water partition coefficient (Wildman–Crippen LogP) is 1.25. The molecular weight excluding hydrogens is 482 g/mol. The van der Waals surface area contributed by atoms with Crippen molar-refractivity contribution < 1.29 is 13.5 Å². The highest BCUT2D eigenvalue weighted by atomic mass is 32.2. The molecule has 4 heterocycles. The Labute approximate surface area is 209 Å². The Bertz CT molecular complexity index is 1510. The third kappa shape index (κ3) is 4.27. The normalized spacial score (nSPS) is 23.7. The van der Waals surface area contributed by atoms with Crippen LogP contribution in [0, 0.1) is 12.3 Å². The van der Waals surface area contributed by atoms with Gasteiger partial charge in [0.2, 0.25) is 16.0 Å². The van der Waals surface area contributed by atoms with Crippen LogP contribution in [-0.2, 0) is 17.1 Å². The molecule has 1 aliphatic carbocycles. The van der Waals surface area contributed by atoms with Crippen molar-refractivity contribution >= 4 is 27.0 Å². The zero-order valence-electron chi connectivity index (χ0n) is 20.3. The van der Waals surface area contributed by atoms with Crippen LogP contribution >= 0.6 is 0 Å². The highest BCUT2D eigenvalue weighted by molar-refractivity contribution is 7.89. The van der Waals surface area contributed by atoms with Gasteiger partial charge in [0.25, 0.3) is 5.56 Å². The number of aliphatic hydroxyl groups is 1. The van der Waals surface area contributed by atoms with Crippen LogP contribution in [0.25, 0.3) is 11.0 Å². The molecule has 0 bridgehead atoms. The minimum absolute atomic E-state index is 0.0393. The summed E-state index contributed by atoms with van der Waals surface area (Å²) in [5.74, 6) is 2.79. The number of fused-ring (bicyclic) bond motifs is 1. The molecule has 3 aromatic rings. The van der Waals surface area contributed by atoms with Gasteiger partial charge in [-0.2, -0.15) is 14.4 Å². The largest absolute Gasteiger partial charge is 0.388 e. The number of anilines is 1. The van der Waals surface area contributed by atoms with Crippen molar-refractivity contribution in [1.29, 1.82) is 0 Å². The molecule has 36 heavy (non-hydrogen) atoms. The molecule has 2 fully saturated rings. The first-order chi connectivity index (χ1) is 17.1. The lowest BCUT2D eigenvalue weighted by molar-refractivity contribution is 0.0266. The van der Waals surface area contributed by atoms with Crippen molar-refractivity contribution in [2.45, 2.75) is 61.6 Å². The van der Waals surface area contributed by atoms with Gasteiger partial charge in [-0.3, -0.25) is 14.0 Å². The maximum Gasteiger partial charge on any atom is 0.268 e. The number of sulfonamides is 1. The summed E-state index contributed by atoms with van der Waals surface area (Å²) in [6.07, 6.45) is 13.2. The molecule has 2 aliphatic rings. The fraction of sp³-hybridized carbons (Fsp3) is 0.500. The molecule has 1 saturated heterocycles. The standard InChI is InChI=1S/C24H29N7O4S/c1-4-16-12-17-13-25-23(28-21(17)31(22(16)32)20-6-5-9-24(20,2)33)27-18-7-10-30(11-8-18)36(34,35)19-14-26-29(3)15-19/h1,12-15,18,20,33H,5-11H2,2-3H3,(H,25,27,28)/t20-,24-/m1/s1. The molecule has 0 amide bonds. The summed E-state index contributed by atoms with van der Waals surface area (Å²) in [7, 11) is -1.91. The van der Waals surface area contributed by atoms with E-state index in [1.807, 2.05) is 0 Å². The minimum atomic E-state index is -3.59. The first-order valence-electron chi connectivity index (χ1n) is 12.0. The molecule has 12 heteroatoms. The smallest absolute Gasteiger partial charge is 0.268 e. The molecular formula is C24H29N7O4S. The van der Waals surface area contributed by atoms with E-state index >= 15 is 0 Å². The lowest BCUT2D eigenvalue weighted by Crippen LogP contribution is -2.42. The SMILES string of the molecule is C#Cc1cc2cnc(NC3CCN(S(=O)(=O)c4cnn(C)c4)CC3)nc2n([C@@H]2CCC[C@@]2(C)O)c1=O. The zero-order chi connectivity index (χ0) is 25.7. The third-order valence-electron chi connectivity index (χ3n) is 7.22. The molecule has 0 unspecified atom stereocenters. The Kier molecular flexibility index (Phi) is 6.10. The predicted molar refractivity (Wildman–Crippen MR) is 134 cm³/mol. The molecule has 0 radical (unpaired) electrons. The number of piperidine rings is 1. The molecule has 2 N–H and O–H groups in total. The average molecular weight is 512 g/mol. The van der Waals surface area contributed by atoms with Crippen molar-refractivity contribution in [1.82, 2.24) is 28.6 Å². The van der Waals surface area contributed by atoms with E-state index in [9.17, 15) is 18.3 Å². The maximum atomic E-state index is 13.2. The molecule has 190 valence electrons. The van der Waals surface area contributed by atoms with Crippen LogP contribution in [0.4, 0.5) is 5.95 Å². The van der Waals surface area contributed by atoms with Crippen molar-refractivity contribution in [2.75, 3.05) is 18.4 Å². The second kappa shape index (κ2) is 8.99. The highest BCUT2D eigenvalue weighted by Crippen LogP contribution is 2.39. The van der Waals surface area contributed by atoms with E-state index in [2.05, 4.69) is 26.3 Å². The number of nitrogens with zero attached hydrogens (tertiary/aromatic N) is 6. The number of hydrogen-bond donors (Lipinski definition) is 2. The molecule has 0 spiro atoms. The van der Waals surface area contributed by atoms with Crippen LogP contribution in [0.5, 0.6) is 0 Å². The third-order valence-corrected chi connectivity index (χ3v) is 9.08. The Morgan fingerprint density at radius 2 is 2.00 bits per heavy atom. The highest BCUT2D eigenvalue weighted by Gasteiger charge is 2.40. The fourth-order valence-corrected chi connectivity index (χ4v) is 6.68. The molecule has 3 aromatic heterocycles. The van der Waals surface area contributed by atoms with Crippen molar-refractivity contribution in [3.8, 4) is 12.3 Å². The van der Waals surface area contributed by atoms with E-state index in [0.717, 1.165) is 6.42 Å². The lowest BCUT2D eigenvalue weighted by Gasteiger charge is -2.31. The quantitative estimate of drug-likeness (QED) is 0.489. The monoisotopic (exact) mass is 511 g/mol. The zero-order valence-corrected chi connectivity index (χ0v) is 21.1. The summed E-state index contributed by atoms with van der Waals surface area (Å²) in [6.45, 7) is 2.44. The van der Waals surface area contributed by atoms with E-state index in [0.29, 0.717) is 55.8 Å². The van der Waals surface area contributed by atoms with Gasteiger partial charge in [-0.15, -0.1) is 6.42 Å². The second-order valence-corrected chi connectivity index (χ2v) is 11.7. The molecule has 1 saturated carbocycles. The summed E-state index contributed by atoms with van der Waals surface area (Å²) in [4.78, 5) is 22.4. The second-order valence-electron chi connectivity index (χ2n) is 9.79. The topological polar surface area (TPSA) is 135 Å². The van der Waals surface area contributed by atoms with Crippen LogP contribution in [0.3, 0.4) is 0 Å². The minimum Gasteiger partial charge on any atom is -0.388 e. The van der Waals surface area contributed by atoms with Crippen LogP contribution < -0.4 is 10.9 Å². The van der Waals surface area contributed by atoms with E-state index in [1.165, 1.54) is 25.9 Å². The average Bonchev–Trinajstić information content (AvgIpc) is 3.44. The maximum absolute atomic E-state index is 13.2. The van der Waals surface area contributed by atoms with Gasteiger partial charge in [-0.05, 0) is 45.1 Å². The molecule has 0 aromatic carbocycles. The van der Waals surface area contributed by atoms with Gasteiger partial charge >= 0.3 is 0 Å². The summed E-state index contributed by atoms with van der Waals surface area (Å²) < 4.78 is 30.2. The van der Waals surface area contributed by atoms with Gasteiger partial charge < -0.3 is 10.4 Å². The van der Waals surface area contributed by atoms with Gasteiger partial charge in [0.15, 0.2) is 0 Å². The lowest BCUT2D eigenvalue weighted by atomic mass is 9.99. The summed E-state index contributed by atoms with van der Waals surface area (Å²) >= 11 is 0. The van der Waals surface area contributed by atoms with Crippen LogP contribution in [0.1, 0.15) is 50.6 Å². The summed E-state index contributed by atoms with van der Waals surface area (Å²) in [6, 6.07) is 1.12. The molecule has 1 aliphatic heterocycles. The van der Waals surface area contributed by atoms with E-state index in [-0.39, 0.29) is 22.1 Å².